The SMILES string of the molecule is CC(C1CC1)n1cc(C(=O)O)c(-c2cncc(F)c2)n1. The standard InChI is InChI=1S/C14H14FN3O2/c1-8(9-2-3-9)18-7-12(14(19)20)13(17-18)10-4-11(15)6-16-5-10/h4-9H,2-3H2,1H3,(H,19,20). The molecule has 1 fully saturated rings. The van der Waals surface area contributed by atoms with Crippen LogP contribution in [0.2, 0.25) is 0 Å². The maximum atomic E-state index is 13.2. The van der Waals surface area contributed by atoms with Crippen LogP contribution < -0.4 is 0 Å². The van der Waals surface area contributed by atoms with Crippen molar-refractivity contribution in [2.24, 2.45) is 5.92 Å². The molecule has 104 valence electrons. The average molecular weight is 275 g/mol. The van der Waals surface area contributed by atoms with E-state index in [1.807, 2.05) is 6.92 Å². The molecule has 0 aromatic carbocycles. The van der Waals surface area contributed by atoms with Crippen LogP contribution in [0.25, 0.3) is 11.3 Å². The lowest BCUT2D eigenvalue weighted by Crippen LogP contribution is -2.07. The Morgan fingerprint density at radius 3 is 2.85 bits per heavy atom. The van der Waals surface area contributed by atoms with Gasteiger partial charge in [-0.1, -0.05) is 0 Å². The van der Waals surface area contributed by atoms with Crippen molar-refractivity contribution in [3.05, 3.63) is 36.0 Å². The van der Waals surface area contributed by atoms with E-state index in [-0.39, 0.29) is 17.3 Å². The van der Waals surface area contributed by atoms with Crippen molar-refractivity contribution in [3.8, 4) is 11.3 Å². The molecule has 0 amide bonds. The molecule has 5 nitrogen and oxygen atoms in total. The summed E-state index contributed by atoms with van der Waals surface area (Å²) in [6.07, 6.45) is 6.30. The second-order valence-electron chi connectivity index (χ2n) is 5.15. The van der Waals surface area contributed by atoms with Gasteiger partial charge in [0.05, 0.1) is 12.2 Å². The van der Waals surface area contributed by atoms with Crippen LogP contribution in [0.15, 0.2) is 24.7 Å². The predicted octanol–water partition coefficient (Wildman–Crippen LogP) is 2.75. The van der Waals surface area contributed by atoms with Gasteiger partial charge in [-0.15, -0.1) is 0 Å². The molecule has 1 aliphatic carbocycles. The highest BCUT2D eigenvalue weighted by molar-refractivity contribution is 5.94. The third kappa shape index (κ3) is 2.29. The van der Waals surface area contributed by atoms with Crippen LogP contribution in [-0.2, 0) is 0 Å². The second kappa shape index (κ2) is 4.70. The zero-order valence-corrected chi connectivity index (χ0v) is 11.0. The zero-order valence-electron chi connectivity index (χ0n) is 11.0. The van der Waals surface area contributed by atoms with E-state index in [1.54, 1.807) is 4.68 Å². The Bertz CT molecular complexity index is 664. The van der Waals surface area contributed by atoms with E-state index in [4.69, 9.17) is 0 Å². The number of halogens is 1. The molecule has 0 spiro atoms. The Hall–Kier alpha value is -2.24. The number of pyridine rings is 1. The molecule has 1 atom stereocenters. The van der Waals surface area contributed by atoms with Gasteiger partial charge < -0.3 is 5.11 Å². The molecular formula is C14H14FN3O2. The first kappa shape index (κ1) is 12.8. The van der Waals surface area contributed by atoms with Gasteiger partial charge in [0.15, 0.2) is 0 Å². The molecule has 2 heterocycles. The number of aromatic nitrogens is 3. The summed E-state index contributed by atoms with van der Waals surface area (Å²) in [6, 6.07) is 1.40. The fourth-order valence-corrected chi connectivity index (χ4v) is 2.31. The van der Waals surface area contributed by atoms with Crippen molar-refractivity contribution < 1.29 is 14.3 Å². The Balaban J connectivity index is 2.06. The molecule has 0 aliphatic heterocycles. The molecule has 0 bridgehead atoms. The van der Waals surface area contributed by atoms with Gasteiger partial charge in [0.1, 0.15) is 17.1 Å². The van der Waals surface area contributed by atoms with E-state index in [1.165, 1.54) is 18.5 Å². The number of carboxylic acid groups (broad SMARTS) is 1. The van der Waals surface area contributed by atoms with Gasteiger partial charge >= 0.3 is 5.97 Å². The Morgan fingerprint density at radius 2 is 2.25 bits per heavy atom. The summed E-state index contributed by atoms with van der Waals surface area (Å²) in [5, 5.41) is 13.6. The summed E-state index contributed by atoms with van der Waals surface area (Å²) >= 11 is 0. The summed E-state index contributed by atoms with van der Waals surface area (Å²) in [5.41, 5.74) is 0.714. The van der Waals surface area contributed by atoms with Crippen molar-refractivity contribution in [1.29, 1.82) is 0 Å². The normalized spacial score (nSPS) is 16.1. The van der Waals surface area contributed by atoms with Crippen LogP contribution in [0.4, 0.5) is 4.39 Å². The van der Waals surface area contributed by atoms with Gasteiger partial charge in [0.2, 0.25) is 0 Å². The Morgan fingerprint density at radius 1 is 1.50 bits per heavy atom. The first-order chi connectivity index (χ1) is 9.56. The molecular weight excluding hydrogens is 261 g/mol. The molecule has 6 heteroatoms. The smallest absolute Gasteiger partial charge is 0.339 e. The molecule has 0 radical (unpaired) electrons. The van der Waals surface area contributed by atoms with Crippen molar-refractivity contribution in [3.63, 3.8) is 0 Å². The molecule has 1 unspecified atom stereocenters. The fourth-order valence-electron chi connectivity index (χ4n) is 2.31. The highest BCUT2D eigenvalue weighted by Gasteiger charge is 2.31. The molecule has 0 saturated heterocycles. The van der Waals surface area contributed by atoms with Crippen LogP contribution in [0.1, 0.15) is 36.2 Å². The van der Waals surface area contributed by atoms with Crippen molar-refractivity contribution in [2.45, 2.75) is 25.8 Å². The van der Waals surface area contributed by atoms with Gasteiger partial charge in [0.25, 0.3) is 0 Å². The summed E-state index contributed by atoms with van der Waals surface area (Å²) in [6.45, 7) is 2.02. The molecule has 1 aliphatic rings. The van der Waals surface area contributed by atoms with Gasteiger partial charge in [-0.25, -0.2) is 9.18 Å². The van der Waals surface area contributed by atoms with Crippen molar-refractivity contribution in [1.82, 2.24) is 14.8 Å². The van der Waals surface area contributed by atoms with Gasteiger partial charge in [0, 0.05) is 18.0 Å². The lowest BCUT2D eigenvalue weighted by molar-refractivity contribution is 0.0697. The first-order valence-corrected chi connectivity index (χ1v) is 6.49. The Kier molecular flexibility index (Phi) is 3.00. The first-order valence-electron chi connectivity index (χ1n) is 6.49. The van der Waals surface area contributed by atoms with E-state index < -0.39 is 11.8 Å². The Labute approximate surface area is 115 Å². The van der Waals surface area contributed by atoms with E-state index in [9.17, 15) is 14.3 Å². The van der Waals surface area contributed by atoms with Crippen LogP contribution >= 0.6 is 0 Å². The molecule has 1 N–H and O–H groups in total. The summed E-state index contributed by atoms with van der Waals surface area (Å²) in [5.74, 6) is -1.03. The second-order valence-corrected chi connectivity index (χ2v) is 5.15. The van der Waals surface area contributed by atoms with E-state index in [2.05, 4.69) is 10.1 Å². The number of hydrogen-bond donors (Lipinski definition) is 1. The highest BCUT2D eigenvalue weighted by Crippen LogP contribution is 2.39. The van der Waals surface area contributed by atoms with Gasteiger partial charge in [-0.2, -0.15) is 5.10 Å². The van der Waals surface area contributed by atoms with E-state index in [0.717, 1.165) is 19.0 Å². The number of carboxylic acids is 1. The van der Waals surface area contributed by atoms with E-state index >= 15 is 0 Å². The third-order valence-corrected chi connectivity index (χ3v) is 3.66. The monoisotopic (exact) mass is 275 g/mol. The average Bonchev–Trinajstić information content (AvgIpc) is 3.15. The van der Waals surface area contributed by atoms with Crippen LogP contribution in [0.3, 0.4) is 0 Å². The maximum absolute atomic E-state index is 13.2. The zero-order chi connectivity index (χ0) is 14.3. The molecule has 1 saturated carbocycles. The summed E-state index contributed by atoms with van der Waals surface area (Å²) in [7, 11) is 0. The predicted molar refractivity (Wildman–Crippen MR) is 69.8 cm³/mol. The van der Waals surface area contributed by atoms with Gasteiger partial charge in [-0.3, -0.25) is 9.67 Å². The van der Waals surface area contributed by atoms with E-state index in [0.29, 0.717) is 11.5 Å². The summed E-state index contributed by atoms with van der Waals surface area (Å²) < 4.78 is 14.9. The number of nitrogens with zero attached hydrogens (tertiary/aromatic N) is 3. The minimum atomic E-state index is -1.07. The number of carbonyl (C=O) groups is 1. The topological polar surface area (TPSA) is 68.0 Å². The highest BCUT2D eigenvalue weighted by atomic mass is 19.1. The molecule has 2 aromatic rings. The lowest BCUT2D eigenvalue weighted by Gasteiger charge is -2.09. The molecule has 20 heavy (non-hydrogen) atoms. The van der Waals surface area contributed by atoms with Crippen LogP contribution in [0, 0.1) is 11.7 Å². The third-order valence-electron chi connectivity index (χ3n) is 3.66. The van der Waals surface area contributed by atoms with Crippen LogP contribution in [0.5, 0.6) is 0 Å². The van der Waals surface area contributed by atoms with Crippen LogP contribution in [-0.4, -0.2) is 25.8 Å². The molecule has 3 rings (SSSR count). The van der Waals surface area contributed by atoms with Crippen molar-refractivity contribution in [2.75, 3.05) is 0 Å². The lowest BCUT2D eigenvalue weighted by atomic mass is 10.1. The minimum Gasteiger partial charge on any atom is -0.478 e. The molecule has 2 aromatic heterocycles. The number of aromatic carboxylic acids is 1. The summed E-state index contributed by atoms with van der Waals surface area (Å²) in [4.78, 5) is 15.1. The largest absolute Gasteiger partial charge is 0.478 e. The van der Waals surface area contributed by atoms with Gasteiger partial charge in [-0.05, 0) is 31.7 Å². The minimum absolute atomic E-state index is 0.0740. The maximum Gasteiger partial charge on any atom is 0.339 e. The van der Waals surface area contributed by atoms with Crippen molar-refractivity contribution >= 4 is 5.97 Å². The number of rotatable bonds is 4. The fraction of sp³-hybridized carbons (Fsp3) is 0.357. The quantitative estimate of drug-likeness (QED) is 0.931. The number of hydrogen-bond acceptors (Lipinski definition) is 3.